The van der Waals surface area contributed by atoms with Gasteiger partial charge in [-0.3, -0.25) is 0 Å². The topological polar surface area (TPSA) is 46.2 Å². The highest BCUT2D eigenvalue weighted by atomic mass is 16.3. The number of benzene rings is 1. The Balaban J connectivity index is 3.63. The van der Waals surface area contributed by atoms with Crippen molar-refractivity contribution >= 4 is 0 Å². The van der Waals surface area contributed by atoms with Crippen LogP contribution in [0.4, 0.5) is 0 Å². The Bertz CT molecular complexity index is 475. The van der Waals surface area contributed by atoms with Crippen LogP contribution < -0.4 is 5.73 Å². The maximum Gasteiger partial charge on any atom is 0.123 e. The van der Waals surface area contributed by atoms with Crippen molar-refractivity contribution in [3.8, 4) is 5.75 Å². The van der Waals surface area contributed by atoms with Gasteiger partial charge >= 0.3 is 0 Å². The predicted molar refractivity (Wildman–Crippen MR) is 92.2 cm³/mol. The molecule has 0 heterocycles. The van der Waals surface area contributed by atoms with E-state index >= 15 is 0 Å². The highest BCUT2D eigenvalue weighted by Crippen LogP contribution is 2.42. The van der Waals surface area contributed by atoms with Crippen LogP contribution in [0.2, 0.25) is 0 Å². The van der Waals surface area contributed by atoms with Crippen LogP contribution in [0.1, 0.15) is 84.9 Å². The molecule has 1 unspecified atom stereocenters. The summed E-state index contributed by atoms with van der Waals surface area (Å²) in [6.45, 7) is 19.1. The van der Waals surface area contributed by atoms with Crippen molar-refractivity contribution in [3.63, 3.8) is 0 Å². The minimum Gasteiger partial charge on any atom is -0.507 e. The molecule has 2 nitrogen and oxygen atoms in total. The summed E-state index contributed by atoms with van der Waals surface area (Å²) in [7, 11) is 0. The fourth-order valence-electron chi connectivity index (χ4n) is 2.48. The summed E-state index contributed by atoms with van der Waals surface area (Å²) in [5, 5.41) is 10.7. The number of hydrogen-bond acceptors (Lipinski definition) is 2. The van der Waals surface area contributed by atoms with Crippen molar-refractivity contribution < 1.29 is 5.11 Å². The van der Waals surface area contributed by atoms with Crippen LogP contribution >= 0.6 is 0 Å². The third kappa shape index (κ3) is 4.00. The van der Waals surface area contributed by atoms with E-state index in [2.05, 4.69) is 74.4 Å². The molecule has 0 saturated carbocycles. The van der Waals surface area contributed by atoms with Gasteiger partial charge in [-0.2, -0.15) is 0 Å². The second-order valence-corrected chi connectivity index (χ2v) is 9.01. The summed E-state index contributed by atoms with van der Waals surface area (Å²) >= 11 is 0. The number of aromatic hydroxyl groups is 1. The molecule has 1 aromatic rings. The van der Waals surface area contributed by atoms with E-state index in [1.807, 2.05) is 0 Å². The number of nitrogens with two attached hydrogens (primary N) is 1. The van der Waals surface area contributed by atoms with Crippen molar-refractivity contribution in [2.24, 2.45) is 5.73 Å². The minimum atomic E-state index is -0.290. The first-order valence-electron chi connectivity index (χ1n) is 7.82. The number of phenolic OH excluding ortho intramolecular Hbond substituents is 1. The van der Waals surface area contributed by atoms with Crippen molar-refractivity contribution in [2.75, 3.05) is 0 Å². The van der Waals surface area contributed by atoms with Crippen LogP contribution in [0.25, 0.3) is 0 Å². The summed E-state index contributed by atoms with van der Waals surface area (Å²) in [5.41, 5.74) is 9.02. The maximum absolute atomic E-state index is 10.7. The highest BCUT2D eigenvalue weighted by molar-refractivity contribution is 5.50. The van der Waals surface area contributed by atoms with Gasteiger partial charge in [0.1, 0.15) is 5.75 Å². The Hall–Kier alpha value is -1.02. The van der Waals surface area contributed by atoms with Gasteiger partial charge in [0, 0.05) is 5.54 Å². The van der Waals surface area contributed by atoms with Crippen molar-refractivity contribution in [2.45, 2.75) is 84.6 Å². The Labute approximate surface area is 130 Å². The molecule has 0 amide bonds. The molecule has 0 aromatic heterocycles. The van der Waals surface area contributed by atoms with E-state index in [0.29, 0.717) is 5.75 Å². The molecule has 2 heteroatoms. The van der Waals surface area contributed by atoms with E-state index in [4.69, 9.17) is 5.73 Å². The molecule has 0 bridgehead atoms. The molecule has 0 aliphatic rings. The third-order valence-corrected chi connectivity index (χ3v) is 4.36. The first kappa shape index (κ1) is 18.0. The molecule has 3 N–H and O–H groups in total. The Morgan fingerprint density at radius 1 is 0.857 bits per heavy atom. The van der Waals surface area contributed by atoms with E-state index in [1.54, 1.807) is 0 Å². The van der Waals surface area contributed by atoms with Gasteiger partial charge in [-0.25, -0.2) is 0 Å². The highest BCUT2D eigenvalue weighted by Gasteiger charge is 2.30. The Morgan fingerprint density at radius 3 is 1.43 bits per heavy atom. The zero-order valence-corrected chi connectivity index (χ0v) is 15.3. The maximum atomic E-state index is 10.7. The van der Waals surface area contributed by atoms with Gasteiger partial charge in [-0.1, -0.05) is 60.6 Å². The zero-order valence-electron chi connectivity index (χ0n) is 15.3. The van der Waals surface area contributed by atoms with Crippen LogP contribution in [0.3, 0.4) is 0 Å². The molecule has 1 rings (SSSR count). The lowest BCUT2D eigenvalue weighted by Gasteiger charge is -2.33. The molecule has 0 spiro atoms. The van der Waals surface area contributed by atoms with Crippen molar-refractivity contribution in [1.82, 2.24) is 0 Å². The fraction of sp³-hybridized carbons (Fsp3) is 0.684. The number of hydrogen-bond donors (Lipinski definition) is 2. The molecule has 0 aliphatic carbocycles. The first-order chi connectivity index (χ1) is 9.15. The zero-order chi connectivity index (χ0) is 16.8. The Kier molecular flexibility index (Phi) is 4.56. The smallest absolute Gasteiger partial charge is 0.123 e. The minimum absolute atomic E-state index is 0.0987. The van der Waals surface area contributed by atoms with Crippen LogP contribution in [0.15, 0.2) is 12.1 Å². The molecule has 0 saturated heterocycles. The van der Waals surface area contributed by atoms with Gasteiger partial charge in [-0.15, -0.1) is 0 Å². The number of phenols is 1. The average molecular weight is 291 g/mol. The third-order valence-electron chi connectivity index (χ3n) is 4.36. The van der Waals surface area contributed by atoms with E-state index in [9.17, 15) is 5.11 Å². The van der Waals surface area contributed by atoms with E-state index in [0.717, 1.165) is 11.1 Å². The lowest BCUT2D eigenvalue weighted by Crippen LogP contribution is -2.38. The standard InChI is InChI=1S/C19H33NO/c1-12(19(8,9)20)13-10-14(17(2,3)4)16(21)15(11-13)18(5,6)7/h10-12,21H,20H2,1-9H3. The second-order valence-electron chi connectivity index (χ2n) is 9.01. The fourth-order valence-corrected chi connectivity index (χ4v) is 2.48. The summed E-state index contributed by atoms with van der Waals surface area (Å²) in [6, 6.07) is 4.26. The van der Waals surface area contributed by atoms with E-state index in [-0.39, 0.29) is 22.3 Å². The van der Waals surface area contributed by atoms with Gasteiger partial charge in [0.2, 0.25) is 0 Å². The molecule has 120 valence electrons. The van der Waals surface area contributed by atoms with Crippen LogP contribution in [0.5, 0.6) is 5.75 Å². The lowest BCUT2D eigenvalue weighted by molar-refractivity contribution is 0.413. The normalized spacial score (nSPS) is 15.1. The summed E-state index contributed by atoms with van der Waals surface area (Å²) in [5.74, 6) is 0.654. The molecule has 0 fully saturated rings. The predicted octanol–water partition coefficient (Wildman–Crippen LogP) is 4.83. The second kappa shape index (κ2) is 5.31. The van der Waals surface area contributed by atoms with Gasteiger partial charge < -0.3 is 10.8 Å². The lowest BCUT2D eigenvalue weighted by atomic mass is 9.75. The molecule has 1 atom stereocenters. The van der Waals surface area contributed by atoms with Gasteiger partial charge in [0.15, 0.2) is 0 Å². The van der Waals surface area contributed by atoms with Gasteiger partial charge in [-0.05, 0) is 47.3 Å². The molecule has 1 aromatic carbocycles. The summed E-state index contributed by atoms with van der Waals surface area (Å²) < 4.78 is 0. The van der Waals surface area contributed by atoms with Gasteiger partial charge in [0.05, 0.1) is 0 Å². The average Bonchev–Trinajstić information content (AvgIpc) is 2.23. The molecular weight excluding hydrogens is 258 g/mol. The monoisotopic (exact) mass is 291 g/mol. The Morgan fingerprint density at radius 2 is 1.19 bits per heavy atom. The summed E-state index contributed by atoms with van der Waals surface area (Å²) in [4.78, 5) is 0. The van der Waals surface area contributed by atoms with Crippen molar-refractivity contribution in [3.05, 3.63) is 28.8 Å². The van der Waals surface area contributed by atoms with Crippen LogP contribution in [-0.2, 0) is 10.8 Å². The first-order valence-corrected chi connectivity index (χ1v) is 7.82. The quantitative estimate of drug-likeness (QED) is 0.820. The SMILES string of the molecule is CC(c1cc(C(C)(C)C)c(O)c(C(C)(C)C)c1)C(C)(C)N. The number of rotatable bonds is 2. The molecule has 0 radical (unpaired) electrons. The largest absolute Gasteiger partial charge is 0.507 e. The molecule has 0 aliphatic heterocycles. The van der Waals surface area contributed by atoms with Crippen molar-refractivity contribution in [1.29, 1.82) is 0 Å². The molecular formula is C19H33NO. The summed E-state index contributed by atoms with van der Waals surface area (Å²) in [6.07, 6.45) is 0. The molecule has 21 heavy (non-hydrogen) atoms. The van der Waals surface area contributed by atoms with E-state index in [1.165, 1.54) is 5.56 Å². The van der Waals surface area contributed by atoms with Crippen LogP contribution in [-0.4, -0.2) is 10.6 Å². The van der Waals surface area contributed by atoms with Gasteiger partial charge in [0.25, 0.3) is 0 Å². The van der Waals surface area contributed by atoms with Crippen LogP contribution in [0, 0.1) is 0 Å². The van der Waals surface area contributed by atoms with E-state index < -0.39 is 0 Å².